The lowest BCUT2D eigenvalue weighted by Gasteiger charge is -2.07. The molecule has 0 amide bonds. The molecule has 0 bridgehead atoms. The fourth-order valence-corrected chi connectivity index (χ4v) is 7.71. The summed E-state index contributed by atoms with van der Waals surface area (Å²) in [7, 11) is 0. The van der Waals surface area contributed by atoms with Crippen molar-refractivity contribution in [2.45, 2.75) is 8.59 Å². The van der Waals surface area contributed by atoms with Gasteiger partial charge in [-0.05, 0) is 84.9 Å². The number of nitrogens with zero attached hydrogens (tertiary/aromatic N) is 4. The van der Waals surface area contributed by atoms with Gasteiger partial charge < -0.3 is 9.13 Å². The highest BCUT2D eigenvalue weighted by molar-refractivity contribution is 7.00. The molecule has 0 saturated carbocycles. The molecule has 0 spiro atoms. The smallest absolute Gasteiger partial charge is 0.180 e. The molecule has 0 aliphatic rings. The summed E-state index contributed by atoms with van der Waals surface area (Å²) in [5.41, 5.74) is 12.1. The van der Waals surface area contributed by atoms with Crippen LogP contribution in [0.3, 0.4) is 0 Å². The number of fused-ring (bicyclic) bond motifs is 7. The molecular formula is C48H28Cl6N4S. The van der Waals surface area contributed by atoms with Gasteiger partial charge >= 0.3 is 0 Å². The Morgan fingerprint density at radius 3 is 0.966 bits per heavy atom. The van der Waals surface area contributed by atoms with Gasteiger partial charge in [0.1, 0.15) is 11.0 Å². The minimum atomic E-state index is -0.750. The van der Waals surface area contributed by atoms with E-state index >= 15 is 0 Å². The summed E-state index contributed by atoms with van der Waals surface area (Å²) in [6, 6.07) is 55.0. The van der Waals surface area contributed by atoms with Crippen molar-refractivity contribution in [3.8, 4) is 35.1 Å². The predicted octanol–water partition coefficient (Wildman–Crippen LogP) is 14.7. The summed E-state index contributed by atoms with van der Waals surface area (Å²) in [6.07, 6.45) is 0. The van der Waals surface area contributed by atoms with Crippen LogP contribution in [0.1, 0.15) is 22.3 Å². The van der Waals surface area contributed by atoms with E-state index in [1.165, 1.54) is 55.3 Å². The first-order chi connectivity index (χ1) is 28.8. The number of alkyl halides is 6. The maximum atomic E-state index is 4.81. The van der Waals surface area contributed by atoms with E-state index in [-0.39, 0.29) is 0 Å². The molecule has 0 atom stereocenters. The van der Waals surface area contributed by atoms with Gasteiger partial charge in [-0.1, -0.05) is 166 Å². The van der Waals surface area contributed by atoms with Crippen LogP contribution >= 0.6 is 81.3 Å². The molecule has 0 aliphatic carbocycles. The molecule has 7 aromatic carbocycles. The largest absolute Gasteiger partial charge is 0.309 e. The van der Waals surface area contributed by atoms with Gasteiger partial charge in [0.05, 0.1) is 44.9 Å². The molecular weight excluding hydrogens is 877 g/mol. The van der Waals surface area contributed by atoms with Crippen molar-refractivity contribution in [1.29, 1.82) is 0 Å². The zero-order valence-corrected chi connectivity index (χ0v) is 36.0. The summed E-state index contributed by atoms with van der Waals surface area (Å²) >= 11 is 30.0. The van der Waals surface area contributed by atoms with Crippen LogP contribution in [0.15, 0.2) is 158 Å². The van der Waals surface area contributed by atoms with Crippen molar-refractivity contribution in [3.05, 3.63) is 180 Å². The Bertz CT molecular complexity index is 2890. The molecule has 0 N–H and O–H groups in total. The molecule has 3 aromatic heterocycles. The third-order valence-electron chi connectivity index (χ3n) is 9.51. The van der Waals surface area contributed by atoms with Crippen molar-refractivity contribution < 1.29 is 0 Å². The molecule has 10 aromatic rings. The minimum Gasteiger partial charge on any atom is -0.309 e. The lowest BCUT2D eigenvalue weighted by Crippen LogP contribution is -1.93. The maximum absolute atomic E-state index is 4.81. The number of para-hydroxylation sites is 4. The van der Waals surface area contributed by atoms with Crippen molar-refractivity contribution >= 4 is 136 Å². The second kappa shape index (κ2) is 18.4. The van der Waals surface area contributed by atoms with Gasteiger partial charge in [-0.3, -0.25) is 0 Å². The second-order valence-corrected chi connectivity index (χ2v) is 17.4. The van der Waals surface area contributed by atoms with E-state index in [9.17, 15) is 0 Å². The van der Waals surface area contributed by atoms with Gasteiger partial charge in [-0.25, -0.2) is 0 Å². The number of hydrogen-bond donors (Lipinski definition) is 0. The Hall–Kier alpha value is -5.18. The molecule has 0 fully saturated rings. The van der Waals surface area contributed by atoms with E-state index in [1.807, 2.05) is 12.1 Å². The summed E-state index contributed by atoms with van der Waals surface area (Å²) in [4.78, 5) is 0. The summed E-state index contributed by atoms with van der Waals surface area (Å²) in [5.74, 6) is 13.4. The molecule has 10 rings (SSSR count). The number of benzene rings is 7. The zero-order chi connectivity index (χ0) is 40.9. The minimum absolute atomic E-state index is 0.750. The Balaban J connectivity index is 0.000000558. The van der Waals surface area contributed by atoms with Gasteiger partial charge in [0, 0.05) is 44.0 Å². The molecule has 0 radical (unpaired) electrons. The average Bonchev–Trinajstić information content (AvgIpc) is 3.96. The first-order valence-electron chi connectivity index (χ1n) is 18.1. The van der Waals surface area contributed by atoms with Crippen molar-refractivity contribution in [2.24, 2.45) is 0 Å². The third-order valence-corrected chi connectivity index (χ3v) is 10.0. The van der Waals surface area contributed by atoms with Gasteiger partial charge in [-0.2, -0.15) is 8.75 Å². The topological polar surface area (TPSA) is 35.6 Å². The van der Waals surface area contributed by atoms with Crippen molar-refractivity contribution in [3.63, 3.8) is 0 Å². The lowest BCUT2D eigenvalue weighted by atomic mass is 10.1. The normalized spacial score (nSPS) is 10.9. The highest BCUT2D eigenvalue weighted by Crippen LogP contribution is 2.33. The van der Waals surface area contributed by atoms with E-state index < -0.39 is 8.59 Å². The van der Waals surface area contributed by atoms with Crippen LogP contribution in [-0.2, 0) is 0 Å². The Morgan fingerprint density at radius 2 is 0.661 bits per heavy atom. The Kier molecular flexibility index (Phi) is 12.7. The van der Waals surface area contributed by atoms with E-state index in [2.05, 4.69) is 187 Å². The summed E-state index contributed by atoms with van der Waals surface area (Å²) in [6.45, 7) is 0. The first-order valence-corrected chi connectivity index (χ1v) is 21.4. The van der Waals surface area contributed by atoms with Crippen LogP contribution in [-0.4, -0.2) is 26.5 Å². The second-order valence-electron chi connectivity index (χ2n) is 13.0. The Labute approximate surface area is 374 Å². The van der Waals surface area contributed by atoms with Gasteiger partial charge in [0.25, 0.3) is 0 Å². The molecule has 3 heterocycles. The van der Waals surface area contributed by atoms with Crippen LogP contribution in [0.4, 0.5) is 0 Å². The first kappa shape index (κ1) is 40.6. The van der Waals surface area contributed by atoms with Crippen molar-refractivity contribution in [2.75, 3.05) is 0 Å². The zero-order valence-electron chi connectivity index (χ0n) is 30.6. The molecule has 0 unspecified atom stereocenters. The van der Waals surface area contributed by atoms with E-state index in [1.54, 1.807) is 0 Å². The quantitative estimate of drug-likeness (QED) is 0.128. The number of halogens is 6. The molecule has 4 nitrogen and oxygen atoms in total. The fourth-order valence-electron chi connectivity index (χ4n) is 7.14. The predicted molar refractivity (Wildman–Crippen MR) is 254 cm³/mol. The molecule has 0 aliphatic heterocycles. The molecule has 59 heavy (non-hydrogen) atoms. The fraction of sp³-hybridized carbons (Fsp3) is 0.0417. The highest BCUT2D eigenvalue weighted by Gasteiger charge is 2.13. The standard InChI is InChI=1S/C46H26N4S.2CHCl3/c1-5-13-41-37(9-1)38-10-2-6-14-42(38)49(41)35-27-19-31(20-28-35)17-23-33-25-26-34(46-45(33)47-51-48-46)24-18-32-21-29-36(30-22-32)50-43-15-7-3-11-39(43)40-12-4-8-16-44(40)50;2*2-1(3)4/h1-16,19-22,25-30H;2*1H. The van der Waals surface area contributed by atoms with Gasteiger partial charge in [-0.15, -0.1) is 0 Å². The van der Waals surface area contributed by atoms with Crippen LogP contribution in [0.2, 0.25) is 0 Å². The molecule has 0 saturated heterocycles. The van der Waals surface area contributed by atoms with E-state index in [0.29, 0.717) is 0 Å². The van der Waals surface area contributed by atoms with E-state index in [4.69, 9.17) is 69.6 Å². The number of hydrogen-bond acceptors (Lipinski definition) is 3. The maximum Gasteiger partial charge on any atom is 0.180 e. The van der Waals surface area contributed by atoms with E-state index in [0.717, 1.165) is 44.7 Å². The van der Waals surface area contributed by atoms with Crippen LogP contribution in [0, 0.1) is 23.7 Å². The van der Waals surface area contributed by atoms with Crippen LogP contribution in [0.5, 0.6) is 0 Å². The lowest BCUT2D eigenvalue weighted by molar-refractivity contribution is 1.18. The Morgan fingerprint density at radius 1 is 0.373 bits per heavy atom. The SMILES string of the molecule is C(#Cc1ccc(C#Cc2ccc(-n3c4ccccc4c4ccccc43)cc2)c2nsnc12)c1ccc(-n2c3ccccc3c3ccccc32)cc1.ClC(Cl)Cl.ClC(Cl)Cl. The average molecular weight is 906 g/mol. The summed E-state index contributed by atoms with van der Waals surface area (Å²) < 4.78 is 12.3. The highest BCUT2D eigenvalue weighted by atomic mass is 35.6. The molecule has 288 valence electrons. The monoisotopic (exact) mass is 902 g/mol. The van der Waals surface area contributed by atoms with Crippen LogP contribution < -0.4 is 0 Å². The van der Waals surface area contributed by atoms with Gasteiger partial charge in [0.2, 0.25) is 0 Å². The van der Waals surface area contributed by atoms with Gasteiger partial charge in [0.15, 0.2) is 8.59 Å². The third kappa shape index (κ3) is 8.90. The van der Waals surface area contributed by atoms with Crippen molar-refractivity contribution in [1.82, 2.24) is 17.9 Å². The molecule has 11 heteroatoms. The van der Waals surface area contributed by atoms with Crippen LogP contribution in [0.25, 0.3) is 66.0 Å². The number of aromatic nitrogens is 4. The summed E-state index contributed by atoms with van der Waals surface area (Å²) in [5, 5.41) is 5.00. The number of rotatable bonds is 2.